The number of nitrogens with one attached hydrogen (secondary N) is 1. The number of hydrogen-bond donors (Lipinski definition) is 1. The lowest BCUT2D eigenvalue weighted by Crippen LogP contribution is -2.36. The first kappa shape index (κ1) is 17.4. The number of fused-ring (bicyclic) bond motifs is 1. The van der Waals surface area contributed by atoms with E-state index >= 15 is 0 Å². The SMILES string of the molecule is COCc1ccccc1CNC(=O)N(C)Cc1nc2ccccc2s1. The summed E-state index contributed by atoms with van der Waals surface area (Å²) in [5, 5.41) is 3.89. The number of nitrogens with zero attached hydrogens (tertiary/aromatic N) is 2. The minimum absolute atomic E-state index is 0.119. The zero-order valence-corrected chi connectivity index (χ0v) is 15.2. The number of carbonyl (C=O) groups excluding carboxylic acids is 1. The van der Waals surface area contributed by atoms with Crippen molar-refractivity contribution in [1.82, 2.24) is 15.2 Å². The predicted octanol–water partition coefficient (Wildman–Crippen LogP) is 3.78. The quantitative estimate of drug-likeness (QED) is 0.732. The summed E-state index contributed by atoms with van der Waals surface area (Å²) in [4.78, 5) is 18.6. The number of amides is 2. The highest BCUT2D eigenvalue weighted by Gasteiger charge is 2.12. The summed E-state index contributed by atoms with van der Waals surface area (Å²) in [7, 11) is 3.45. The van der Waals surface area contributed by atoms with Gasteiger partial charge >= 0.3 is 6.03 Å². The van der Waals surface area contributed by atoms with Crippen molar-refractivity contribution >= 4 is 27.6 Å². The number of urea groups is 1. The molecule has 1 N–H and O–H groups in total. The second-order valence-electron chi connectivity index (χ2n) is 5.79. The van der Waals surface area contributed by atoms with E-state index in [2.05, 4.69) is 10.3 Å². The van der Waals surface area contributed by atoms with Crippen molar-refractivity contribution in [3.63, 3.8) is 0 Å². The van der Waals surface area contributed by atoms with Crippen LogP contribution in [0.4, 0.5) is 4.79 Å². The Morgan fingerprint density at radius 3 is 2.64 bits per heavy atom. The lowest BCUT2D eigenvalue weighted by Gasteiger charge is -2.17. The average Bonchev–Trinajstić information content (AvgIpc) is 3.03. The fourth-order valence-electron chi connectivity index (χ4n) is 2.59. The fourth-order valence-corrected chi connectivity index (χ4v) is 3.62. The molecule has 0 aliphatic rings. The van der Waals surface area contributed by atoms with Crippen molar-refractivity contribution in [1.29, 1.82) is 0 Å². The van der Waals surface area contributed by atoms with Gasteiger partial charge in [0.05, 0.1) is 23.4 Å². The van der Waals surface area contributed by atoms with Gasteiger partial charge in [0.2, 0.25) is 0 Å². The Labute approximate surface area is 151 Å². The van der Waals surface area contributed by atoms with E-state index in [1.165, 1.54) is 0 Å². The van der Waals surface area contributed by atoms with E-state index < -0.39 is 0 Å². The molecule has 3 rings (SSSR count). The Morgan fingerprint density at radius 1 is 1.16 bits per heavy atom. The van der Waals surface area contributed by atoms with E-state index in [4.69, 9.17) is 4.74 Å². The Bertz CT molecular complexity index is 830. The molecule has 0 fully saturated rings. The number of benzene rings is 2. The molecule has 130 valence electrons. The van der Waals surface area contributed by atoms with Crippen LogP contribution in [0.1, 0.15) is 16.1 Å². The van der Waals surface area contributed by atoms with Crippen molar-refractivity contribution in [3.05, 3.63) is 64.7 Å². The molecule has 0 aliphatic heterocycles. The van der Waals surface area contributed by atoms with Crippen molar-refractivity contribution in [2.75, 3.05) is 14.2 Å². The Kier molecular flexibility index (Phi) is 5.63. The van der Waals surface area contributed by atoms with Crippen LogP contribution in [0, 0.1) is 0 Å². The third-order valence-electron chi connectivity index (χ3n) is 3.91. The van der Waals surface area contributed by atoms with Crippen molar-refractivity contribution < 1.29 is 9.53 Å². The number of rotatable bonds is 6. The second-order valence-corrected chi connectivity index (χ2v) is 6.91. The molecule has 5 nitrogen and oxygen atoms in total. The first-order valence-electron chi connectivity index (χ1n) is 8.06. The van der Waals surface area contributed by atoms with Crippen LogP contribution >= 0.6 is 11.3 Å². The van der Waals surface area contributed by atoms with Crippen LogP contribution < -0.4 is 5.32 Å². The maximum atomic E-state index is 12.4. The molecule has 25 heavy (non-hydrogen) atoms. The topological polar surface area (TPSA) is 54.5 Å². The average molecular weight is 355 g/mol. The van der Waals surface area contributed by atoms with E-state index in [9.17, 15) is 4.79 Å². The molecule has 2 aromatic carbocycles. The van der Waals surface area contributed by atoms with Crippen LogP contribution in [0.25, 0.3) is 10.2 Å². The van der Waals surface area contributed by atoms with Gasteiger partial charge in [-0.1, -0.05) is 36.4 Å². The van der Waals surface area contributed by atoms with Gasteiger partial charge in [0.1, 0.15) is 5.01 Å². The first-order chi connectivity index (χ1) is 12.2. The summed E-state index contributed by atoms with van der Waals surface area (Å²) in [6.07, 6.45) is 0. The third-order valence-corrected chi connectivity index (χ3v) is 4.93. The van der Waals surface area contributed by atoms with Gasteiger partial charge in [-0.25, -0.2) is 9.78 Å². The molecule has 0 radical (unpaired) electrons. The molecule has 6 heteroatoms. The Balaban J connectivity index is 1.59. The lowest BCUT2D eigenvalue weighted by atomic mass is 10.1. The van der Waals surface area contributed by atoms with E-state index in [1.807, 2.05) is 48.5 Å². The van der Waals surface area contributed by atoms with Gasteiger partial charge in [-0.2, -0.15) is 0 Å². The van der Waals surface area contributed by atoms with E-state index in [0.717, 1.165) is 26.4 Å². The molecule has 0 saturated heterocycles. The molecule has 1 aromatic heterocycles. The van der Waals surface area contributed by atoms with Crippen LogP contribution in [0.2, 0.25) is 0 Å². The minimum Gasteiger partial charge on any atom is -0.380 e. The second kappa shape index (κ2) is 8.09. The molecule has 0 bridgehead atoms. The summed E-state index contributed by atoms with van der Waals surface area (Å²) < 4.78 is 6.34. The van der Waals surface area contributed by atoms with Crippen LogP contribution in [0.3, 0.4) is 0 Å². The first-order valence-corrected chi connectivity index (χ1v) is 8.88. The monoisotopic (exact) mass is 355 g/mol. The molecular weight excluding hydrogens is 334 g/mol. The van der Waals surface area contributed by atoms with Gasteiger partial charge in [0.25, 0.3) is 0 Å². The predicted molar refractivity (Wildman–Crippen MR) is 100 cm³/mol. The normalized spacial score (nSPS) is 10.8. The lowest BCUT2D eigenvalue weighted by molar-refractivity contribution is 0.183. The smallest absolute Gasteiger partial charge is 0.317 e. The number of ether oxygens (including phenoxy) is 1. The largest absolute Gasteiger partial charge is 0.380 e. The Hall–Kier alpha value is -2.44. The number of para-hydroxylation sites is 1. The summed E-state index contributed by atoms with van der Waals surface area (Å²) >= 11 is 1.62. The summed E-state index contributed by atoms with van der Waals surface area (Å²) in [6, 6.07) is 15.8. The third kappa shape index (κ3) is 4.35. The number of carbonyl (C=O) groups is 1. The fraction of sp³-hybridized carbons (Fsp3) is 0.263. The van der Waals surface area contributed by atoms with Crippen molar-refractivity contribution in [2.24, 2.45) is 0 Å². The van der Waals surface area contributed by atoms with Crippen molar-refractivity contribution in [2.45, 2.75) is 19.7 Å². The van der Waals surface area contributed by atoms with Gasteiger partial charge < -0.3 is 15.0 Å². The summed E-state index contributed by atoms with van der Waals surface area (Å²) in [6.45, 7) is 1.50. The number of hydrogen-bond acceptors (Lipinski definition) is 4. The minimum atomic E-state index is -0.119. The highest BCUT2D eigenvalue weighted by molar-refractivity contribution is 7.18. The summed E-state index contributed by atoms with van der Waals surface area (Å²) in [5.74, 6) is 0. The van der Waals surface area contributed by atoms with Crippen molar-refractivity contribution in [3.8, 4) is 0 Å². The van der Waals surface area contributed by atoms with Gasteiger partial charge in [0.15, 0.2) is 0 Å². The molecule has 0 atom stereocenters. The van der Waals surface area contributed by atoms with Crippen LogP contribution in [-0.4, -0.2) is 30.1 Å². The van der Waals surface area contributed by atoms with Crippen LogP contribution in [0.15, 0.2) is 48.5 Å². The molecule has 3 aromatic rings. The highest BCUT2D eigenvalue weighted by Crippen LogP contribution is 2.22. The number of methoxy groups -OCH3 is 1. The van der Waals surface area contributed by atoms with Gasteiger partial charge in [-0.3, -0.25) is 0 Å². The molecule has 0 unspecified atom stereocenters. The standard InChI is InChI=1S/C19H21N3O2S/c1-22(12-18-21-16-9-5-6-10-17(16)25-18)19(23)20-11-14-7-3-4-8-15(14)13-24-2/h3-10H,11-13H2,1-2H3,(H,20,23). The van der Waals surface area contributed by atoms with E-state index in [1.54, 1.807) is 30.4 Å². The Morgan fingerprint density at radius 2 is 1.88 bits per heavy atom. The van der Waals surface area contributed by atoms with Crippen LogP contribution in [0.5, 0.6) is 0 Å². The number of thiazole rings is 1. The van der Waals surface area contributed by atoms with Gasteiger partial charge in [-0.15, -0.1) is 11.3 Å². The molecule has 0 saturated carbocycles. The number of aromatic nitrogens is 1. The van der Waals surface area contributed by atoms with Crippen LogP contribution in [-0.2, 0) is 24.4 Å². The van der Waals surface area contributed by atoms with Gasteiger partial charge in [0, 0.05) is 20.7 Å². The molecule has 2 amide bonds. The van der Waals surface area contributed by atoms with Gasteiger partial charge in [-0.05, 0) is 23.3 Å². The maximum Gasteiger partial charge on any atom is 0.317 e. The van der Waals surface area contributed by atoms with E-state index in [-0.39, 0.29) is 6.03 Å². The molecule has 1 heterocycles. The molecule has 0 spiro atoms. The summed E-state index contributed by atoms with van der Waals surface area (Å²) in [5.41, 5.74) is 3.12. The highest BCUT2D eigenvalue weighted by atomic mass is 32.1. The zero-order chi connectivity index (χ0) is 17.6. The zero-order valence-electron chi connectivity index (χ0n) is 14.4. The maximum absolute atomic E-state index is 12.4. The molecular formula is C19H21N3O2S. The molecule has 0 aliphatic carbocycles. The van der Waals surface area contributed by atoms with E-state index in [0.29, 0.717) is 19.7 Å².